The molecule has 2 rings (SSSR count). The number of benzene rings is 1. The van der Waals surface area contributed by atoms with Crippen LogP contribution >= 0.6 is 0 Å². The minimum absolute atomic E-state index is 0.226. The van der Waals surface area contributed by atoms with Crippen molar-refractivity contribution in [2.75, 3.05) is 0 Å². The number of carbonyl (C=O) groups is 1. The van der Waals surface area contributed by atoms with E-state index in [1.54, 1.807) is 19.1 Å². The van der Waals surface area contributed by atoms with Crippen molar-refractivity contribution in [3.05, 3.63) is 42.2 Å². The molecule has 84 valence electrons. The summed E-state index contributed by atoms with van der Waals surface area (Å²) in [7, 11) is 0. The third kappa shape index (κ3) is 1.66. The molecule has 1 heterocycles. The number of nitrogens with one attached hydrogen (secondary N) is 1. The molecule has 3 nitrogen and oxygen atoms in total. The van der Waals surface area contributed by atoms with Gasteiger partial charge in [0.25, 0.3) is 0 Å². The van der Waals surface area contributed by atoms with Gasteiger partial charge in [0.15, 0.2) is 11.6 Å². The van der Waals surface area contributed by atoms with Crippen molar-refractivity contribution in [1.82, 2.24) is 5.32 Å². The minimum Gasteiger partial charge on any atom is -0.485 e. The van der Waals surface area contributed by atoms with Gasteiger partial charge in [-0.1, -0.05) is 18.7 Å². The summed E-state index contributed by atoms with van der Waals surface area (Å²) in [6, 6.07) is 4.36. The molecule has 0 saturated heterocycles. The Morgan fingerprint density at radius 1 is 1.62 bits per heavy atom. The van der Waals surface area contributed by atoms with E-state index < -0.39 is 5.82 Å². The molecule has 1 aliphatic rings. The van der Waals surface area contributed by atoms with Crippen molar-refractivity contribution >= 4 is 5.91 Å². The summed E-state index contributed by atoms with van der Waals surface area (Å²) < 4.78 is 18.8. The Morgan fingerprint density at radius 2 is 2.38 bits per heavy atom. The van der Waals surface area contributed by atoms with Gasteiger partial charge in [-0.15, -0.1) is 0 Å². The number of carbonyl (C=O) groups excluding carboxylic acids is 1. The maximum Gasteiger partial charge on any atom is 0.243 e. The van der Waals surface area contributed by atoms with Crippen LogP contribution in [0.4, 0.5) is 4.39 Å². The molecular weight excluding hydrogens is 209 g/mol. The topological polar surface area (TPSA) is 38.3 Å². The van der Waals surface area contributed by atoms with Crippen molar-refractivity contribution in [3.63, 3.8) is 0 Å². The van der Waals surface area contributed by atoms with E-state index in [4.69, 9.17) is 4.74 Å². The molecule has 1 amide bonds. The van der Waals surface area contributed by atoms with E-state index in [9.17, 15) is 9.18 Å². The van der Waals surface area contributed by atoms with Gasteiger partial charge in [0.2, 0.25) is 5.91 Å². The van der Waals surface area contributed by atoms with Crippen molar-refractivity contribution in [3.8, 4) is 5.75 Å². The molecule has 16 heavy (non-hydrogen) atoms. The van der Waals surface area contributed by atoms with Gasteiger partial charge in [0.1, 0.15) is 6.10 Å². The van der Waals surface area contributed by atoms with E-state index in [1.165, 1.54) is 12.1 Å². The summed E-state index contributed by atoms with van der Waals surface area (Å²) in [6.45, 7) is 5.16. The summed E-state index contributed by atoms with van der Waals surface area (Å²) in [5, 5.41) is 2.71. The highest BCUT2D eigenvalue weighted by Gasteiger charge is 2.33. The van der Waals surface area contributed by atoms with Crippen LogP contribution in [0, 0.1) is 5.82 Å². The Labute approximate surface area is 92.9 Å². The van der Waals surface area contributed by atoms with Crippen molar-refractivity contribution < 1.29 is 13.9 Å². The van der Waals surface area contributed by atoms with E-state index >= 15 is 0 Å². The van der Waals surface area contributed by atoms with Crippen LogP contribution in [-0.2, 0) is 4.79 Å². The Bertz CT molecular complexity index is 445. The lowest BCUT2D eigenvalue weighted by molar-refractivity contribution is -0.117. The van der Waals surface area contributed by atoms with Gasteiger partial charge in [-0.05, 0) is 19.1 Å². The van der Waals surface area contributed by atoms with Crippen LogP contribution in [0.3, 0.4) is 0 Å². The molecule has 0 fully saturated rings. The van der Waals surface area contributed by atoms with Gasteiger partial charge in [0.05, 0.1) is 6.04 Å². The molecule has 1 aliphatic heterocycles. The molecule has 1 aromatic carbocycles. The summed E-state index contributed by atoms with van der Waals surface area (Å²) in [5.74, 6) is -0.471. The van der Waals surface area contributed by atoms with Crippen LogP contribution in [0.2, 0.25) is 0 Å². The fraction of sp³-hybridized carbons (Fsp3) is 0.250. The van der Waals surface area contributed by atoms with Crippen molar-refractivity contribution in [1.29, 1.82) is 0 Å². The first kappa shape index (κ1) is 10.7. The van der Waals surface area contributed by atoms with Crippen molar-refractivity contribution in [2.45, 2.75) is 19.1 Å². The van der Waals surface area contributed by atoms with Crippen LogP contribution in [0.15, 0.2) is 30.9 Å². The van der Waals surface area contributed by atoms with Crippen molar-refractivity contribution in [2.24, 2.45) is 0 Å². The maximum absolute atomic E-state index is 13.4. The van der Waals surface area contributed by atoms with Gasteiger partial charge >= 0.3 is 0 Å². The lowest BCUT2D eigenvalue weighted by atomic mass is 10.0. The second-order valence-electron chi connectivity index (χ2n) is 3.67. The quantitative estimate of drug-likeness (QED) is 0.775. The second kappa shape index (κ2) is 3.96. The van der Waals surface area contributed by atoms with Crippen LogP contribution in [0.5, 0.6) is 5.75 Å². The van der Waals surface area contributed by atoms with Gasteiger partial charge in [-0.25, -0.2) is 4.39 Å². The number of amides is 1. The minimum atomic E-state index is -0.403. The maximum atomic E-state index is 13.4. The zero-order chi connectivity index (χ0) is 11.7. The highest BCUT2D eigenvalue weighted by atomic mass is 19.1. The molecule has 2 unspecified atom stereocenters. The first-order valence-corrected chi connectivity index (χ1v) is 5.01. The molecule has 0 radical (unpaired) electrons. The van der Waals surface area contributed by atoms with Crippen LogP contribution in [-0.4, -0.2) is 12.0 Å². The highest BCUT2D eigenvalue weighted by molar-refractivity contribution is 5.87. The van der Waals surface area contributed by atoms with Gasteiger partial charge in [-0.3, -0.25) is 4.79 Å². The number of hydrogen-bond acceptors (Lipinski definition) is 2. The largest absolute Gasteiger partial charge is 0.485 e. The smallest absolute Gasteiger partial charge is 0.243 e. The predicted octanol–water partition coefficient (Wildman–Crippen LogP) is 1.95. The first-order chi connectivity index (χ1) is 7.63. The summed E-state index contributed by atoms with van der Waals surface area (Å²) >= 11 is 0. The molecular formula is C12H12FNO2. The Morgan fingerprint density at radius 3 is 3.06 bits per heavy atom. The van der Waals surface area contributed by atoms with E-state index in [0.717, 1.165) is 0 Å². The number of halogens is 1. The predicted molar refractivity (Wildman–Crippen MR) is 57.6 cm³/mol. The molecule has 4 heteroatoms. The van der Waals surface area contributed by atoms with Gasteiger partial charge in [-0.2, -0.15) is 0 Å². The lowest BCUT2D eigenvalue weighted by Crippen LogP contribution is -2.32. The number of ether oxygens (including phenoxy) is 1. The van der Waals surface area contributed by atoms with Crippen LogP contribution in [0.1, 0.15) is 18.5 Å². The zero-order valence-corrected chi connectivity index (χ0v) is 8.87. The van der Waals surface area contributed by atoms with Gasteiger partial charge < -0.3 is 10.1 Å². The standard InChI is InChI=1S/C12H12FNO2/c1-3-10(15)14-11-7(2)16-12-8(11)5-4-6-9(12)13/h3-7,11H,1H2,2H3,(H,14,15). The summed E-state index contributed by atoms with van der Waals surface area (Å²) in [6.07, 6.45) is 0.903. The molecule has 0 aromatic heterocycles. The number of fused-ring (bicyclic) bond motifs is 1. The highest BCUT2D eigenvalue weighted by Crippen LogP contribution is 2.38. The third-order valence-electron chi connectivity index (χ3n) is 2.59. The molecule has 0 saturated carbocycles. The lowest BCUT2D eigenvalue weighted by Gasteiger charge is -2.15. The van der Waals surface area contributed by atoms with Gasteiger partial charge in [0, 0.05) is 5.56 Å². The Balaban J connectivity index is 2.33. The molecule has 1 aromatic rings. The fourth-order valence-corrected chi connectivity index (χ4v) is 1.81. The zero-order valence-electron chi connectivity index (χ0n) is 8.87. The molecule has 2 atom stereocenters. The van der Waals surface area contributed by atoms with E-state index in [1.807, 2.05) is 0 Å². The molecule has 0 bridgehead atoms. The number of para-hydroxylation sites is 1. The SMILES string of the molecule is C=CC(=O)NC1c2cccc(F)c2OC1C. The van der Waals surface area contributed by atoms with E-state index in [-0.39, 0.29) is 23.8 Å². The van der Waals surface area contributed by atoms with Crippen LogP contribution < -0.4 is 10.1 Å². The summed E-state index contributed by atoms with van der Waals surface area (Å²) in [4.78, 5) is 11.2. The summed E-state index contributed by atoms with van der Waals surface area (Å²) in [5.41, 5.74) is 0.669. The normalized spacial score (nSPS) is 22.1. The average Bonchev–Trinajstić information content (AvgIpc) is 2.58. The second-order valence-corrected chi connectivity index (χ2v) is 3.67. The Kier molecular flexibility index (Phi) is 2.64. The van der Waals surface area contributed by atoms with Crippen LogP contribution in [0.25, 0.3) is 0 Å². The average molecular weight is 221 g/mol. The van der Waals surface area contributed by atoms with E-state index in [0.29, 0.717) is 5.56 Å². The third-order valence-corrected chi connectivity index (χ3v) is 2.59. The fourth-order valence-electron chi connectivity index (χ4n) is 1.81. The monoisotopic (exact) mass is 221 g/mol. The molecule has 0 spiro atoms. The van der Waals surface area contributed by atoms with E-state index in [2.05, 4.69) is 11.9 Å². The molecule has 0 aliphatic carbocycles. The first-order valence-electron chi connectivity index (χ1n) is 5.01. The molecule has 1 N–H and O–H groups in total. The number of rotatable bonds is 2. The Hall–Kier alpha value is -1.84. The number of hydrogen-bond donors (Lipinski definition) is 1.